The van der Waals surface area contributed by atoms with Crippen LogP contribution in [0.4, 0.5) is 0 Å². The Labute approximate surface area is 165 Å². The highest BCUT2D eigenvalue weighted by Crippen LogP contribution is 2.35. The van der Waals surface area contributed by atoms with Gasteiger partial charge in [-0.2, -0.15) is 10.2 Å². The third-order valence-corrected chi connectivity index (χ3v) is 4.88. The monoisotopic (exact) mass is 433 g/mol. The quantitative estimate of drug-likeness (QED) is 0.551. The molecule has 1 N–H and O–H groups in total. The van der Waals surface area contributed by atoms with Gasteiger partial charge in [-0.3, -0.25) is 9.80 Å². The van der Waals surface area contributed by atoms with Crippen LogP contribution < -0.4 is 14.9 Å². The standard InChI is InChI=1S/C18H20BrN5O3/c1-11(24-15-7-5-4-6-14(15)21-23-24)18(25)22-20-10-12-8-13(19)17(27-3)16(9-12)26-2/h4-11,14-15H,1-3H3,(H,22,25)/b20-10-/t11-,14+,15+/m1/s1. The summed E-state index contributed by atoms with van der Waals surface area (Å²) in [6, 6.07) is 2.99. The first-order valence-electron chi connectivity index (χ1n) is 8.33. The molecule has 0 bridgehead atoms. The first kappa shape index (κ1) is 19.1. The minimum atomic E-state index is -0.505. The van der Waals surface area contributed by atoms with Crippen LogP contribution >= 0.6 is 15.9 Å². The molecule has 2 aliphatic rings. The van der Waals surface area contributed by atoms with E-state index >= 15 is 0 Å². The smallest absolute Gasteiger partial charge is 0.264 e. The normalized spacial score (nSPS) is 21.4. The van der Waals surface area contributed by atoms with E-state index in [0.717, 1.165) is 10.0 Å². The summed E-state index contributed by atoms with van der Waals surface area (Å²) >= 11 is 3.42. The summed E-state index contributed by atoms with van der Waals surface area (Å²) in [6.45, 7) is 1.77. The number of nitrogens with zero attached hydrogens (tertiary/aromatic N) is 4. The van der Waals surface area contributed by atoms with Crippen molar-refractivity contribution < 1.29 is 14.3 Å². The molecular formula is C18H20BrN5O3. The number of ether oxygens (including phenoxy) is 2. The molecule has 1 aliphatic heterocycles. The van der Waals surface area contributed by atoms with Crippen LogP contribution in [0.25, 0.3) is 0 Å². The van der Waals surface area contributed by atoms with E-state index in [1.807, 2.05) is 30.4 Å². The van der Waals surface area contributed by atoms with Crippen LogP contribution in [-0.4, -0.2) is 49.5 Å². The predicted octanol–water partition coefficient (Wildman–Crippen LogP) is 2.85. The molecule has 9 heteroatoms. The van der Waals surface area contributed by atoms with Crippen LogP contribution in [0.2, 0.25) is 0 Å². The summed E-state index contributed by atoms with van der Waals surface area (Å²) in [5.41, 5.74) is 3.29. The van der Waals surface area contributed by atoms with E-state index in [0.29, 0.717) is 11.5 Å². The molecule has 1 heterocycles. The number of hydrogen-bond acceptors (Lipinski definition) is 7. The molecule has 1 aliphatic carbocycles. The first-order chi connectivity index (χ1) is 13.0. The first-order valence-corrected chi connectivity index (χ1v) is 9.13. The van der Waals surface area contributed by atoms with Crippen LogP contribution in [0.5, 0.6) is 11.5 Å². The van der Waals surface area contributed by atoms with Crippen LogP contribution in [0.15, 0.2) is 56.3 Å². The van der Waals surface area contributed by atoms with Gasteiger partial charge in [0.25, 0.3) is 5.91 Å². The zero-order valence-corrected chi connectivity index (χ0v) is 16.8. The second-order valence-electron chi connectivity index (χ2n) is 5.98. The van der Waals surface area contributed by atoms with E-state index in [1.54, 1.807) is 32.2 Å². The molecule has 3 rings (SSSR count). The fourth-order valence-electron chi connectivity index (χ4n) is 2.85. The third kappa shape index (κ3) is 4.02. The lowest BCUT2D eigenvalue weighted by molar-refractivity contribution is -0.126. The van der Waals surface area contributed by atoms with Gasteiger partial charge in [0.05, 0.1) is 30.9 Å². The average molecular weight is 434 g/mol. The lowest BCUT2D eigenvalue weighted by Gasteiger charge is -2.27. The highest BCUT2D eigenvalue weighted by molar-refractivity contribution is 9.10. The predicted molar refractivity (Wildman–Crippen MR) is 105 cm³/mol. The third-order valence-electron chi connectivity index (χ3n) is 4.29. The Morgan fingerprint density at radius 3 is 2.85 bits per heavy atom. The number of rotatable bonds is 6. The van der Waals surface area contributed by atoms with E-state index < -0.39 is 6.04 Å². The molecule has 8 nitrogen and oxygen atoms in total. The Hall–Kier alpha value is -2.68. The lowest BCUT2D eigenvalue weighted by atomic mass is 10.0. The molecule has 1 amide bonds. The van der Waals surface area contributed by atoms with E-state index in [4.69, 9.17) is 9.47 Å². The number of allylic oxidation sites excluding steroid dienone is 2. The molecule has 0 saturated carbocycles. The molecule has 0 spiro atoms. The van der Waals surface area contributed by atoms with Crippen molar-refractivity contribution in [3.05, 3.63) is 46.5 Å². The fraction of sp³-hybridized carbons (Fsp3) is 0.333. The number of methoxy groups -OCH3 is 2. The molecule has 1 aromatic rings. The maximum Gasteiger partial charge on any atom is 0.264 e. The summed E-state index contributed by atoms with van der Waals surface area (Å²) in [5, 5.41) is 14.0. The van der Waals surface area contributed by atoms with Gasteiger partial charge in [0.15, 0.2) is 11.5 Å². The number of hydrogen-bond donors (Lipinski definition) is 1. The van der Waals surface area contributed by atoms with Gasteiger partial charge < -0.3 is 9.47 Å². The Bertz CT molecular complexity index is 837. The molecular weight excluding hydrogens is 414 g/mol. The van der Waals surface area contributed by atoms with Crippen LogP contribution in [0.3, 0.4) is 0 Å². The Balaban J connectivity index is 1.64. The van der Waals surface area contributed by atoms with Gasteiger partial charge >= 0.3 is 0 Å². The van der Waals surface area contributed by atoms with Crippen LogP contribution in [-0.2, 0) is 4.79 Å². The minimum absolute atomic E-state index is 0.0402. The number of fused-ring (bicyclic) bond motifs is 1. The molecule has 0 radical (unpaired) electrons. The molecule has 27 heavy (non-hydrogen) atoms. The number of halogens is 1. The topological polar surface area (TPSA) is 87.9 Å². The largest absolute Gasteiger partial charge is 0.493 e. The Morgan fingerprint density at radius 1 is 1.33 bits per heavy atom. The fourth-order valence-corrected chi connectivity index (χ4v) is 3.47. The van der Waals surface area contributed by atoms with E-state index in [-0.39, 0.29) is 18.0 Å². The zero-order chi connectivity index (χ0) is 19.4. The second-order valence-corrected chi connectivity index (χ2v) is 6.84. The van der Waals surface area contributed by atoms with Gasteiger partial charge in [-0.1, -0.05) is 29.5 Å². The highest BCUT2D eigenvalue weighted by atomic mass is 79.9. The van der Waals surface area contributed by atoms with Crippen molar-refractivity contribution in [2.45, 2.75) is 25.0 Å². The van der Waals surface area contributed by atoms with Crippen molar-refractivity contribution in [1.82, 2.24) is 10.4 Å². The molecule has 0 saturated heterocycles. The second kappa shape index (κ2) is 8.34. The lowest BCUT2D eigenvalue weighted by Crippen LogP contribution is -2.46. The maximum atomic E-state index is 12.4. The summed E-state index contributed by atoms with van der Waals surface area (Å²) in [5.74, 6) is 0.887. The van der Waals surface area contributed by atoms with Crippen LogP contribution in [0.1, 0.15) is 12.5 Å². The van der Waals surface area contributed by atoms with E-state index in [9.17, 15) is 4.79 Å². The van der Waals surface area contributed by atoms with Gasteiger partial charge in [-0.15, -0.1) is 0 Å². The van der Waals surface area contributed by atoms with Crippen molar-refractivity contribution in [2.75, 3.05) is 14.2 Å². The molecule has 0 aromatic heterocycles. The molecule has 3 atom stereocenters. The van der Waals surface area contributed by atoms with Crippen molar-refractivity contribution >= 4 is 28.1 Å². The van der Waals surface area contributed by atoms with Gasteiger partial charge in [0.1, 0.15) is 12.1 Å². The molecule has 0 unspecified atom stereocenters. The Morgan fingerprint density at radius 2 is 2.11 bits per heavy atom. The molecule has 142 valence electrons. The summed E-state index contributed by atoms with van der Waals surface area (Å²) in [4.78, 5) is 12.4. The number of hydrazone groups is 1. The number of benzene rings is 1. The van der Waals surface area contributed by atoms with Gasteiger partial charge in [-0.25, -0.2) is 5.43 Å². The summed E-state index contributed by atoms with van der Waals surface area (Å²) in [7, 11) is 3.12. The van der Waals surface area contributed by atoms with Crippen molar-refractivity contribution in [1.29, 1.82) is 0 Å². The van der Waals surface area contributed by atoms with Crippen molar-refractivity contribution in [2.24, 2.45) is 15.4 Å². The van der Waals surface area contributed by atoms with E-state index in [1.165, 1.54) is 6.21 Å². The number of amides is 1. The zero-order valence-electron chi connectivity index (χ0n) is 15.2. The van der Waals surface area contributed by atoms with E-state index in [2.05, 4.69) is 36.8 Å². The summed E-state index contributed by atoms with van der Waals surface area (Å²) < 4.78 is 11.3. The average Bonchev–Trinajstić information content (AvgIpc) is 3.10. The number of carbonyl (C=O) groups is 1. The van der Waals surface area contributed by atoms with Crippen molar-refractivity contribution in [3.63, 3.8) is 0 Å². The molecule has 0 fully saturated rings. The number of nitrogens with one attached hydrogen (secondary N) is 1. The highest BCUT2D eigenvalue weighted by Gasteiger charge is 2.35. The van der Waals surface area contributed by atoms with Crippen molar-refractivity contribution in [3.8, 4) is 11.5 Å². The summed E-state index contributed by atoms with van der Waals surface area (Å²) in [6.07, 6.45) is 9.35. The number of carbonyl (C=O) groups excluding carboxylic acids is 1. The SMILES string of the molecule is COc1cc(/C=N\NC(=O)[C@@H](C)N2N=N[C@H]3C=CC=C[C@@H]32)cc(Br)c1OC. The van der Waals surface area contributed by atoms with Gasteiger partial charge in [0, 0.05) is 0 Å². The van der Waals surface area contributed by atoms with Crippen LogP contribution in [0, 0.1) is 0 Å². The van der Waals surface area contributed by atoms with Gasteiger partial charge in [-0.05, 0) is 40.5 Å². The van der Waals surface area contributed by atoms with Gasteiger partial charge in [0.2, 0.25) is 0 Å². The minimum Gasteiger partial charge on any atom is -0.493 e. The maximum absolute atomic E-state index is 12.4. The molecule has 1 aromatic carbocycles. The Kier molecular flexibility index (Phi) is 5.90.